The quantitative estimate of drug-likeness (QED) is 0.563. The van der Waals surface area contributed by atoms with Gasteiger partial charge >= 0.3 is 0 Å². The highest BCUT2D eigenvalue weighted by Gasteiger charge is 2.45. The molecule has 1 aromatic carbocycles. The first kappa shape index (κ1) is 15.9. The van der Waals surface area contributed by atoms with Gasteiger partial charge in [0.2, 0.25) is 0 Å². The molecule has 3 nitrogen and oxygen atoms in total. The third-order valence-electron chi connectivity index (χ3n) is 2.77. The number of benzene rings is 1. The molecule has 0 aliphatic rings. The fourth-order valence-corrected chi connectivity index (χ4v) is 4.05. The van der Waals surface area contributed by atoms with Crippen LogP contribution in [0.4, 0.5) is 0 Å². The average molecular weight is 398 g/mol. The SMILES string of the molecule is CC[C@](Br)(C(=O)c1ccc(Br)cc1)S(=O)(=O)CC. The van der Waals surface area contributed by atoms with E-state index in [0.717, 1.165) is 4.47 Å². The van der Waals surface area contributed by atoms with Crippen molar-refractivity contribution in [2.45, 2.75) is 23.9 Å². The molecule has 1 rings (SSSR count). The number of rotatable bonds is 5. The summed E-state index contributed by atoms with van der Waals surface area (Å²) in [6.07, 6.45) is 0.193. The van der Waals surface area contributed by atoms with E-state index < -0.39 is 19.3 Å². The van der Waals surface area contributed by atoms with Gasteiger partial charge in [0.15, 0.2) is 19.3 Å². The minimum absolute atomic E-state index is 0.0750. The molecule has 0 spiro atoms. The summed E-state index contributed by atoms with van der Waals surface area (Å²) in [5, 5.41) is 0. The largest absolute Gasteiger partial charge is 0.291 e. The van der Waals surface area contributed by atoms with E-state index in [2.05, 4.69) is 31.9 Å². The average Bonchev–Trinajstić information content (AvgIpc) is 2.37. The number of carbonyl (C=O) groups excluding carboxylic acids is 1. The van der Waals surface area contributed by atoms with Crippen molar-refractivity contribution in [3.63, 3.8) is 0 Å². The lowest BCUT2D eigenvalue weighted by molar-refractivity contribution is 0.0976. The Morgan fingerprint density at radius 1 is 1.22 bits per heavy atom. The van der Waals surface area contributed by atoms with Crippen LogP contribution in [0, 0.1) is 0 Å². The highest BCUT2D eigenvalue weighted by Crippen LogP contribution is 2.34. The zero-order chi connectivity index (χ0) is 14.0. The molecule has 0 amide bonds. The number of carbonyl (C=O) groups is 1. The number of hydrogen-bond acceptors (Lipinski definition) is 3. The fraction of sp³-hybridized carbons (Fsp3) is 0.417. The van der Waals surface area contributed by atoms with E-state index in [1.807, 2.05) is 0 Å². The van der Waals surface area contributed by atoms with Crippen molar-refractivity contribution in [2.75, 3.05) is 5.75 Å². The lowest BCUT2D eigenvalue weighted by Crippen LogP contribution is -2.41. The molecule has 0 fully saturated rings. The minimum Gasteiger partial charge on any atom is -0.291 e. The van der Waals surface area contributed by atoms with Gasteiger partial charge in [0.05, 0.1) is 0 Å². The lowest BCUT2D eigenvalue weighted by Gasteiger charge is -2.24. The second kappa shape index (κ2) is 5.84. The molecule has 1 aromatic rings. The van der Waals surface area contributed by atoms with Crippen LogP contribution in [0.1, 0.15) is 30.6 Å². The predicted octanol–water partition coefficient (Wildman–Crippen LogP) is 3.57. The topological polar surface area (TPSA) is 51.2 Å². The molecular formula is C12H14Br2O3S. The van der Waals surface area contributed by atoms with Crippen LogP contribution in [0.3, 0.4) is 0 Å². The summed E-state index contributed by atoms with van der Waals surface area (Å²) in [5.41, 5.74) is 0.383. The molecule has 18 heavy (non-hydrogen) atoms. The number of alkyl halides is 1. The van der Waals surface area contributed by atoms with E-state index in [0.29, 0.717) is 5.56 Å². The minimum atomic E-state index is -3.51. The summed E-state index contributed by atoms with van der Waals surface area (Å²) in [5.74, 6) is -0.492. The van der Waals surface area contributed by atoms with Gasteiger partial charge in [-0.3, -0.25) is 4.79 Å². The summed E-state index contributed by atoms with van der Waals surface area (Å²) in [6.45, 7) is 3.22. The van der Waals surface area contributed by atoms with Gasteiger partial charge in [-0.05, 0) is 18.6 Å². The van der Waals surface area contributed by atoms with E-state index >= 15 is 0 Å². The maximum absolute atomic E-state index is 12.4. The van der Waals surface area contributed by atoms with Gasteiger partial charge in [-0.25, -0.2) is 8.42 Å². The van der Waals surface area contributed by atoms with E-state index in [1.165, 1.54) is 6.92 Å². The van der Waals surface area contributed by atoms with Crippen molar-refractivity contribution in [2.24, 2.45) is 0 Å². The number of halogens is 2. The molecule has 0 aliphatic heterocycles. The number of sulfone groups is 1. The maximum Gasteiger partial charge on any atom is 0.194 e. The van der Waals surface area contributed by atoms with Crippen LogP contribution in [0.2, 0.25) is 0 Å². The molecule has 0 unspecified atom stereocenters. The number of ketones is 1. The second-order valence-electron chi connectivity index (χ2n) is 3.82. The first-order valence-corrected chi connectivity index (χ1v) is 8.74. The van der Waals surface area contributed by atoms with Gasteiger partial charge in [-0.15, -0.1) is 0 Å². The molecule has 0 aromatic heterocycles. The van der Waals surface area contributed by atoms with Crippen molar-refractivity contribution in [3.8, 4) is 0 Å². The van der Waals surface area contributed by atoms with Crippen molar-refractivity contribution in [3.05, 3.63) is 34.3 Å². The molecule has 100 valence electrons. The molecule has 6 heteroatoms. The van der Waals surface area contributed by atoms with Crippen molar-refractivity contribution in [1.29, 1.82) is 0 Å². The summed E-state index contributed by atoms with van der Waals surface area (Å²) >= 11 is 6.41. The van der Waals surface area contributed by atoms with Crippen LogP contribution in [0.15, 0.2) is 28.7 Å². The van der Waals surface area contributed by atoms with Crippen LogP contribution in [0.25, 0.3) is 0 Å². The molecule has 0 N–H and O–H groups in total. The van der Waals surface area contributed by atoms with Gasteiger partial charge in [0.1, 0.15) is 0 Å². The monoisotopic (exact) mass is 396 g/mol. The van der Waals surface area contributed by atoms with Crippen molar-refractivity contribution < 1.29 is 13.2 Å². The van der Waals surface area contributed by atoms with Crippen LogP contribution < -0.4 is 0 Å². The molecule has 0 bridgehead atoms. The standard InChI is InChI=1S/C12H14Br2O3S/c1-3-12(14,18(16,17)4-2)11(15)9-5-7-10(13)8-6-9/h5-8H,3-4H2,1-2H3/t12-/m1/s1. The lowest BCUT2D eigenvalue weighted by atomic mass is 10.1. The van der Waals surface area contributed by atoms with Gasteiger partial charge < -0.3 is 0 Å². The molecule has 0 aliphatic carbocycles. The summed E-state index contributed by atoms with van der Waals surface area (Å²) in [7, 11) is -3.51. The van der Waals surface area contributed by atoms with Crippen LogP contribution in [-0.4, -0.2) is 23.6 Å². The Kier molecular flexibility index (Phi) is 5.14. The number of hydrogen-bond donors (Lipinski definition) is 0. The fourth-order valence-electron chi connectivity index (χ4n) is 1.57. The van der Waals surface area contributed by atoms with Gasteiger partial charge in [0, 0.05) is 15.8 Å². The number of Topliss-reactive ketones (excluding diaryl/α,β-unsaturated/α-hetero) is 1. The zero-order valence-electron chi connectivity index (χ0n) is 10.1. The van der Waals surface area contributed by atoms with Crippen LogP contribution in [-0.2, 0) is 9.84 Å². The third kappa shape index (κ3) is 2.86. The molecule has 0 saturated carbocycles. The van der Waals surface area contributed by atoms with Crippen LogP contribution in [0.5, 0.6) is 0 Å². The molecule has 1 atom stereocenters. The van der Waals surface area contributed by atoms with Crippen LogP contribution >= 0.6 is 31.9 Å². The smallest absolute Gasteiger partial charge is 0.194 e. The Morgan fingerprint density at radius 2 is 1.72 bits per heavy atom. The molecule has 0 radical (unpaired) electrons. The zero-order valence-corrected chi connectivity index (χ0v) is 14.1. The van der Waals surface area contributed by atoms with Gasteiger partial charge in [-0.1, -0.05) is 57.8 Å². The first-order valence-electron chi connectivity index (χ1n) is 5.50. The highest BCUT2D eigenvalue weighted by molar-refractivity contribution is 9.12. The molecule has 0 saturated heterocycles. The van der Waals surface area contributed by atoms with E-state index in [-0.39, 0.29) is 12.2 Å². The molecule has 0 heterocycles. The Morgan fingerprint density at radius 3 is 2.11 bits per heavy atom. The Hall–Kier alpha value is -0.200. The predicted molar refractivity (Wildman–Crippen MR) is 79.9 cm³/mol. The Bertz CT molecular complexity index is 537. The van der Waals surface area contributed by atoms with Gasteiger partial charge in [0.25, 0.3) is 0 Å². The first-order chi connectivity index (χ1) is 8.28. The van der Waals surface area contributed by atoms with E-state index in [4.69, 9.17) is 0 Å². The Balaban J connectivity index is 3.26. The second-order valence-corrected chi connectivity index (χ2v) is 9.12. The highest BCUT2D eigenvalue weighted by atomic mass is 79.9. The van der Waals surface area contributed by atoms with Crippen molar-refractivity contribution >= 4 is 47.5 Å². The Labute approximate surface area is 124 Å². The summed E-state index contributed by atoms with van der Waals surface area (Å²) in [4.78, 5) is 12.4. The maximum atomic E-state index is 12.4. The van der Waals surface area contributed by atoms with Crippen molar-refractivity contribution in [1.82, 2.24) is 0 Å². The third-order valence-corrected chi connectivity index (χ3v) is 7.92. The molecular weight excluding hydrogens is 384 g/mol. The van der Waals surface area contributed by atoms with Gasteiger partial charge in [-0.2, -0.15) is 0 Å². The summed E-state index contributed by atoms with van der Waals surface area (Å²) in [6, 6.07) is 6.66. The summed E-state index contributed by atoms with van der Waals surface area (Å²) < 4.78 is 23.4. The van der Waals surface area contributed by atoms with E-state index in [1.54, 1.807) is 31.2 Å². The van der Waals surface area contributed by atoms with E-state index in [9.17, 15) is 13.2 Å². The normalized spacial score (nSPS) is 15.1.